The number of allylic oxidation sites excluding steroid dienone is 3. The van der Waals surface area contributed by atoms with Crippen molar-refractivity contribution in [2.45, 2.75) is 65.7 Å². The first kappa shape index (κ1) is 22.9. The van der Waals surface area contributed by atoms with Crippen molar-refractivity contribution >= 4 is 11.7 Å². The number of amides is 1. The van der Waals surface area contributed by atoms with Gasteiger partial charge in [0.2, 0.25) is 0 Å². The fraction of sp³-hybridized carbons (Fsp3) is 0.462. The highest BCUT2D eigenvalue weighted by Gasteiger charge is 2.18. The van der Waals surface area contributed by atoms with Gasteiger partial charge in [-0.05, 0) is 62.0 Å². The molecule has 1 amide bonds. The number of rotatable bonds is 3. The summed E-state index contributed by atoms with van der Waals surface area (Å²) in [6, 6.07) is 7.83. The van der Waals surface area contributed by atoms with Crippen molar-refractivity contribution in [3.8, 4) is 0 Å². The van der Waals surface area contributed by atoms with Gasteiger partial charge >= 0.3 is 0 Å². The Morgan fingerprint density at radius 1 is 1.03 bits per heavy atom. The zero-order valence-electron chi connectivity index (χ0n) is 19.6. The molecular weight excluding hydrogens is 384 g/mol. The molecule has 0 saturated carbocycles. The Kier molecular flexibility index (Phi) is 7.37. The van der Waals surface area contributed by atoms with E-state index in [2.05, 4.69) is 43.1 Å². The van der Waals surface area contributed by atoms with Crippen LogP contribution in [0, 0.1) is 0 Å². The predicted molar refractivity (Wildman–Crippen MR) is 129 cm³/mol. The minimum absolute atomic E-state index is 0.0680. The quantitative estimate of drug-likeness (QED) is 0.698. The standard InChI is InChI=1S/C26H36N4O/c1-6-23-15-16-24(29-17-9-7-8-10-18-29)28-30(23)19-20(2)27-25(31)21-11-13-22(14-12-21)26(3,4)5/h6,11-16,19H,7-10,17-18H2,1-5H3,(H,27,31)/b20-19+,23-6?. The Hall–Kier alpha value is -2.82. The Morgan fingerprint density at radius 2 is 1.68 bits per heavy atom. The Labute approximate surface area is 187 Å². The molecule has 2 aliphatic rings. The lowest BCUT2D eigenvalue weighted by Crippen LogP contribution is -2.34. The third kappa shape index (κ3) is 6.09. The van der Waals surface area contributed by atoms with E-state index in [1.807, 2.05) is 55.4 Å². The summed E-state index contributed by atoms with van der Waals surface area (Å²) in [5, 5.41) is 9.71. The summed E-state index contributed by atoms with van der Waals surface area (Å²) in [4.78, 5) is 15.1. The van der Waals surface area contributed by atoms with Gasteiger partial charge in [-0.2, -0.15) is 5.10 Å². The average molecular weight is 421 g/mol. The van der Waals surface area contributed by atoms with Crippen LogP contribution in [0.3, 0.4) is 0 Å². The van der Waals surface area contributed by atoms with Crippen molar-refractivity contribution in [1.82, 2.24) is 15.2 Å². The fourth-order valence-electron chi connectivity index (χ4n) is 3.83. The number of hydrazone groups is 1. The van der Waals surface area contributed by atoms with E-state index in [0.29, 0.717) is 5.56 Å². The van der Waals surface area contributed by atoms with Crippen molar-refractivity contribution in [1.29, 1.82) is 0 Å². The smallest absolute Gasteiger partial charge is 0.255 e. The Balaban J connectivity index is 1.72. The average Bonchev–Trinajstić information content (AvgIpc) is 3.02. The van der Waals surface area contributed by atoms with E-state index in [9.17, 15) is 4.79 Å². The Morgan fingerprint density at radius 3 is 2.26 bits per heavy atom. The van der Waals surface area contributed by atoms with Crippen LogP contribution in [0.2, 0.25) is 0 Å². The minimum atomic E-state index is -0.111. The lowest BCUT2D eigenvalue weighted by Gasteiger charge is -2.28. The van der Waals surface area contributed by atoms with Gasteiger partial charge in [0.1, 0.15) is 5.84 Å². The van der Waals surface area contributed by atoms with Crippen LogP contribution in [0.15, 0.2) is 65.2 Å². The molecular formula is C26H36N4O. The third-order valence-electron chi connectivity index (χ3n) is 5.74. The van der Waals surface area contributed by atoms with E-state index in [1.54, 1.807) is 0 Å². The molecule has 1 N–H and O–H groups in total. The molecule has 5 heteroatoms. The van der Waals surface area contributed by atoms with Crippen molar-refractivity contribution in [2.24, 2.45) is 5.10 Å². The van der Waals surface area contributed by atoms with Gasteiger partial charge < -0.3 is 10.2 Å². The number of carbonyl (C=O) groups excluding carboxylic acids is 1. The number of nitrogens with zero attached hydrogens (tertiary/aromatic N) is 3. The van der Waals surface area contributed by atoms with Gasteiger partial charge in [0.15, 0.2) is 0 Å². The summed E-state index contributed by atoms with van der Waals surface area (Å²) >= 11 is 0. The Bertz CT molecular complexity index is 892. The van der Waals surface area contributed by atoms with Crippen molar-refractivity contribution in [2.75, 3.05) is 13.1 Å². The van der Waals surface area contributed by atoms with E-state index >= 15 is 0 Å². The highest BCUT2D eigenvalue weighted by molar-refractivity contribution is 5.95. The molecule has 2 aliphatic heterocycles. The summed E-state index contributed by atoms with van der Waals surface area (Å²) in [7, 11) is 0. The van der Waals surface area contributed by atoms with E-state index in [1.165, 1.54) is 31.2 Å². The second kappa shape index (κ2) is 9.99. The van der Waals surface area contributed by atoms with Crippen LogP contribution in [-0.2, 0) is 5.41 Å². The molecule has 31 heavy (non-hydrogen) atoms. The third-order valence-corrected chi connectivity index (χ3v) is 5.74. The van der Waals surface area contributed by atoms with Crippen LogP contribution >= 0.6 is 0 Å². The summed E-state index contributed by atoms with van der Waals surface area (Å²) in [6.45, 7) is 12.5. The molecule has 0 bridgehead atoms. The number of carbonyl (C=O) groups is 1. The monoisotopic (exact) mass is 420 g/mol. The molecule has 0 atom stereocenters. The zero-order valence-corrected chi connectivity index (χ0v) is 19.6. The molecule has 1 saturated heterocycles. The van der Waals surface area contributed by atoms with Gasteiger partial charge in [0.25, 0.3) is 5.91 Å². The number of nitrogens with one attached hydrogen (secondary N) is 1. The fourth-order valence-corrected chi connectivity index (χ4v) is 3.83. The lowest BCUT2D eigenvalue weighted by atomic mass is 9.87. The van der Waals surface area contributed by atoms with Crippen LogP contribution in [0.1, 0.15) is 76.2 Å². The predicted octanol–water partition coefficient (Wildman–Crippen LogP) is 5.54. The highest BCUT2D eigenvalue weighted by Crippen LogP contribution is 2.22. The number of hydrogen-bond acceptors (Lipinski definition) is 4. The number of hydrogen-bond donors (Lipinski definition) is 1. The maximum atomic E-state index is 12.7. The highest BCUT2D eigenvalue weighted by atomic mass is 16.1. The maximum Gasteiger partial charge on any atom is 0.255 e. The molecule has 0 spiro atoms. The first-order valence-corrected chi connectivity index (χ1v) is 11.4. The first-order chi connectivity index (χ1) is 14.8. The molecule has 1 aromatic carbocycles. The lowest BCUT2D eigenvalue weighted by molar-refractivity contribution is 0.0965. The maximum absolute atomic E-state index is 12.7. The van der Waals surface area contributed by atoms with Crippen molar-refractivity contribution in [3.05, 3.63) is 71.2 Å². The molecule has 1 aromatic rings. The van der Waals surface area contributed by atoms with Crippen LogP contribution in [-0.4, -0.2) is 34.7 Å². The van der Waals surface area contributed by atoms with Crippen LogP contribution in [0.5, 0.6) is 0 Å². The number of amidine groups is 1. The second-order valence-electron chi connectivity index (χ2n) is 9.34. The van der Waals surface area contributed by atoms with Crippen LogP contribution in [0.25, 0.3) is 0 Å². The van der Waals surface area contributed by atoms with Crippen molar-refractivity contribution < 1.29 is 4.79 Å². The molecule has 3 rings (SSSR count). The van der Waals surface area contributed by atoms with Gasteiger partial charge in [-0.15, -0.1) is 0 Å². The molecule has 1 fully saturated rings. The molecule has 0 aromatic heterocycles. The van der Waals surface area contributed by atoms with Crippen LogP contribution in [0.4, 0.5) is 0 Å². The normalized spacial score (nSPS) is 19.3. The van der Waals surface area contributed by atoms with Gasteiger partial charge in [0, 0.05) is 30.5 Å². The second-order valence-corrected chi connectivity index (χ2v) is 9.34. The van der Waals surface area contributed by atoms with E-state index < -0.39 is 0 Å². The SMILES string of the molecule is CC=C1C=CC(N2CCCCCC2)=NN1/C=C(\C)NC(=O)c1ccc(C(C)(C)C)cc1. The number of likely N-dealkylation sites (tertiary alicyclic amines) is 1. The minimum Gasteiger partial charge on any atom is -0.355 e. The molecule has 0 radical (unpaired) electrons. The summed E-state index contributed by atoms with van der Waals surface area (Å²) < 4.78 is 0. The number of benzene rings is 1. The first-order valence-electron chi connectivity index (χ1n) is 11.4. The van der Waals surface area contributed by atoms with Gasteiger partial charge in [-0.3, -0.25) is 4.79 Å². The van der Waals surface area contributed by atoms with Gasteiger partial charge in [0.05, 0.1) is 5.70 Å². The van der Waals surface area contributed by atoms with Crippen LogP contribution < -0.4 is 5.32 Å². The topological polar surface area (TPSA) is 47.9 Å². The molecule has 0 unspecified atom stereocenters. The zero-order chi connectivity index (χ0) is 22.4. The van der Waals surface area contributed by atoms with Gasteiger partial charge in [-0.25, -0.2) is 5.01 Å². The largest absolute Gasteiger partial charge is 0.355 e. The molecule has 2 heterocycles. The molecule has 5 nitrogen and oxygen atoms in total. The van der Waals surface area contributed by atoms with E-state index in [0.717, 1.165) is 30.3 Å². The molecule has 0 aliphatic carbocycles. The summed E-state index contributed by atoms with van der Waals surface area (Å²) in [5.41, 5.74) is 3.67. The molecule has 166 valence electrons. The van der Waals surface area contributed by atoms with E-state index in [-0.39, 0.29) is 11.3 Å². The summed E-state index contributed by atoms with van der Waals surface area (Å²) in [6.07, 6.45) is 13.1. The van der Waals surface area contributed by atoms with Crippen molar-refractivity contribution in [3.63, 3.8) is 0 Å². The van der Waals surface area contributed by atoms with E-state index in [4.69, 9.17) is 5.10 Å². The summed E-state index contributed by atoms with van der Waals surface area (Å²) in [5.74, 6) is 0.876. The van der Waals surface area contributed by atoms with Gasteiger partial charge in [-0.1, -0.05) is 51.8 Å².